The normalized spacial score (nSPS) is 21.7. The number of aryl methyl sites for hydroxylation is 1. The van der Waals surface area contributed by atoms with E-state index < -0.39 is 0 Å². The topological polar surface area (TPSA) is 15.3 Å². The number of halogens is 1. The molecule has 2 nitrogen and oxygen atoms in total. The summed E-state index contributed by atoms with van der Waals surface area (Å²) in [6, 6.07) is 5.69. The van der Waals surface area contributed by atoms with Gasteiger partial charge in [-0.1, -0.05) is 6.07 Å². The molecule has 0 aromatic heterocycles. The Morgan fingerprint density at radius 2 is 2.29 bits per heavy atom. The monoisotopic (exact) mass is 236 g/mol. The van der Waals surface area contributed by atoms with Crippen LogP contribution >= 0.6 is 0 Å². The molecule has 1 aliphatic rings. The number of nitrogens with zero attached hydrogens (tertiary/aromatic N) is 1. The van der Waals surface area contributed by atoms with Crippen LogP contribution in [0.1, 0.15) is 24.0 Å². The lowest BCUT2D eigenvalue weighted by Crippen LogP contribution is -2.43. The standard InChI is InChI=1S/C14H21FN2/c1-11-8-13(15)6-5-12(11)9-17-7-3-4-14(10-17)16-2/h5-6,8,14,16H,3-4,7,9-10H2,1-2H3. The van der Waals surface area contributed by atoms with Gasteiger partial charge in [0, 0.05) is 19.1 Å². The van der Waals surface area contributed by atoms with E-state index in [1.54, 1.807) is 12.1 Å². The highest BCUT2D eigenvalue weighted by Gasteiger charge is 2.18. The summed E-state index contributed by atoms with van der Waals surface area (Å²) in [6.45, 7) is 5.16. The van der Waals surface area contributed by atoms with Crippen molar-refractivity contribution in [3.8, 4) is 0 Å². The van der Waals surface area contributed by atoms with Crippen LogP contribution in [0.2, 0.25) is 0 Å². The van der Waals surface area contributed by atoms with E-state index in [9.17, 15) is 4.39 Å². The Bertz CT molecular complexity index is 378. The summed E-state index contributed by atoms with van der Waals surface area (Å²) in [4.78, 5) is 2.45. The lowest BCUT2D eigenvalue weighted by Gasteiger charge is -2.32. The van der Waals surface area contributed by atoms with Crippen molar-refractivity contribution in [1.82, 2.24) is 10.2 Å². The highest BCUT2D eigenvalue weighted by atomic mass is 19.1. The first kappa shape index (κ1) is 12.5. The first-order valence-corrected chi connectivity index (χ1v) is 6.33. The summed E-state index contributed by atoms with van der Waals surface area (Å²) in [5.74, 6) is -0.141. The van der Waals surface area contributed by atoms with Crippen LogP contribution in [0.25, 0.3) is 0 Å². The number of hydrogen-bond acceptors (Lipinski definition) is 2. The van der Waals surface area contributed by atoms with Crippen molar-refractivity contribution in [3.05, 3.63) is 35.1 Å². The number of benzene rings is 1. The fourth-order valence-electron chi connectivity index (χ4n) is 2.51. The molecule has 1 unspecified atom stereocenters. The van der Waals surface area contributed by atoms with E-state index >= 15 is 0 Å². The molecule has 0 radical (unpaired) electrons. The van der Waals surface area contributed by atoms with Crippen molar-refractivity contribution < 1.29 is 4.39 Å². The van der Waals surface area contributed by atoms with E-state index in [0.717, 1.165) is 25.2 Å². The first-order valence-electron chi connectivity index (χ1n) is 6.33. The van der Waals surface area contributed by atoms with Gasteiger partial charge in [-0.25, -0.2) is 4.39 Å². The van der Waals surface area contributed by atoms with E-state index in [0.29, 0.717) is 6.04 Å². The smallest absolute Gasteiger partial charge is 0.123 e. The molecule has 2 rings (SSSR count). The minimum Gasteiger partial charge on any atom is -0.316 e. The van der Waals surface area contributed by atoms with Gasteiger partial charge in [0.25, 0.3) is 0 Å². The van der Waals surface area contributed by atoms with E-state index in [1.807, 2.05) is 20.0 Å². The van der Waals surface area contributed by atoms with Gasteiger partial charge in [0.1, 0.15) is 5.82 Å². The molecule has 1 N–H and O–H groups in total. The molecule has 0 saturated carbocycles. The second-order valence-corrected chi connectivity index (χ2v) is 4.93. The third-order valence-electron chi connectivity index (χ3n) is 3.61. The van der Waals surface area contributed by atoms with Crippen LogP contribution in [-0.2, 0) is 6.54 Å². The van der Waals surface area contributed by atoms with Gasteiger partial charge in [-0.2, -0.15) is 0 Å². The minimum atomic E-state index is -0.141. The van der Waals surface area contributed by atoms with Crippen LogP contribution in [0.15, 0.2) is 18.2 Å². The molecule has 1 aromatic rings. The molecule has 0 spiro atoms. The molecular weight excluding hydrogens is 215 g/mol. The Morgan fingerprint density at radius 1 is 1.47 bits per heavy atom. The predicted octanol–water partition coefficient (Wildman–Crippen LogP) is 2.32. The molecule has 1 atom stereocenters. The molecule has 3 heteroatoms. The zero-order chi connectivity index (χ0) is 12.3. The van der Waals surface area contributed by atoms with Gasteiger partial charge in [0.05, 0.1) is 0 Å². The molecule has 1 fully saturated rings. The molecule has 0 aliphatic carbocycles. The number of rotatable bonds is 3. The maximum atomic E-state index is 13.0. The quantitative estimate of drug-likeness (QED) is 0.866. The molecular formula is C14H21FN2. The second-order valence-electron chi connectivity index (χ2n) is 4.93. The Kier molecular flexibility index (Phi) is 4.13. The fourth-order valence-corrected chi connectivity index (χ4v) is 2.51. The Labute approximate surface area is 103 Å². The van der Waals surface area contributed by atoms with Crippen LogP contribution in [0.3, 0.4) is 0 Å². The molecule has 1 saturated heterocycles. The number of likely N-dealkylation sites (N-methyl/N-ethyl adjacent to an activating group) is 1. The Hall–Kier alpha value is -0.930. The average molecular weight is 236 g/mol. The summed E-state index contributed by atoms with van der Waals surface area (Å²) in [5.41, 5.74) is 2.29. The van der Waals surface area contributed by atoms with Crippen LogP contribution < -0.4 is 5.32 Å². The van der Waals surface area contributed by atoms with Crippen molar-refractivity contribution >= 4 is 0 Å². The van der Waals surface area contributed by atoms with Crippen molar-refractivity contribution in [2.75, 3.05) is 20.1 Å². The third-order valence-corrected chi connectivity index (χ3v) is 3.61. The van der Waals surface area contributed by atoms with Gasteiger partial charge in [-0.05, 0) is 56.6 Å². The number of hydrogen-bond donors (Lipinski definition) is 1. The average Bonchev–Trinajstić information content (AvgIpc) is 2.33. The lowest BCUT2D eigenvalue weighted by molar-refractivity contribution is 0.187. The van der Waals surface area contributed by atoms with Gasteiger partial charge in [0.2, 0.25) is 0 Å². The predicted molar refractivity (Wildman–Crippen MR) is 68.5 cm³/mol. The SMILES string of the molecule is CNC1CCCN(Cc2ccc(F)cc2C)C1. The molecule has 17 heavy (non-hydrogen) atoms. The highest BCUT2D eigenvalue weighted by molar-refractivity contribution is 5.26. The van der Waals surface area contributed by atoms with Crippen molar-refractivity contribution in [1.29, 1.82) is 0 Å². The summed E-state index contributed by atoms with van der Waals surface area (Å²) in [5, 5.41) is 3.34. The first-order chi connectivity index (χ1) is 8.19. The Morgan fingerprint density at radius 3 is 3.00 bits per heavy atom. The number of nitrogens with one attached hydrogen (secondary N) is 1. The van der Waals surface area contributed by atoms with Crippen molar-refractivity contribution in [2.45, 2.75) is 32.4 Å². The highest BCUT2D eigenvalue weighted by Crippen LogP contribution is 2.16. The molecule has 1 heterocycles. The molecule has 94 valence electrons. The van der Waals surface area contributed by atoms with Crippen LogP contribution in [0.4, 0.5) is 4.39 Å². The molecule has 1 aromatic carbocycles. The van der Waals surface area contributed by atoms with Gasteiger partial charge in [0.15, 0.2) is 0 Å². The largest absolute Gasteiger partial charge is 0.316 e. The summed E-state index contributed by atoms with van der Waals surface area (Å²) < 4.78 is 13.0. The summed E-state index contributed by atoms with van der Waals surface area (Å²) in [7, 11) is 2.03. The fraction of sp³-hybridized carbons (Fsp3) is 0.571. The van der Waals surface area contributed by atoms with Crippen LogP contribution in [0.5, 0.6) is 0 Å². The van der Waals surface area contributed by atoms with Crippen LogP contribution in [0, 0.1) is 12.7 Å². The number of piperidine rings is 1. The van der Waals surface area contributed by atoms with E-state index in [2.05, 4.69) is 10.2 Å². The second kappa shape index (κ2) is 5.61. The van der Waals surface area contributed by atoms with E-state index in [4.69, 9.17) is 0 Å². The molecule has 0 amide bonds. The van der Waals surface area contributed by atoms with Crippen molar-refractivity contribution in [2.24, 2.45) is 0 Å². The zero-order valence-electron chi connectivity index (χ0n) is 10.7. The summed E-state index contributed by atoms with van der Waals surface area (Å²) in [6.07, 6.45) is 2.50. The maximum Gasteiger partial charge on any atom is 0.123 e. The van der Waals surface area contributed by atoms with Gasteiger partial charge in [-0.15, -0.1) is 0 Å². The van der Waals surface area contributed by atoms with E-state index in [-0.39, 0.29) is 5.82 Å². The van der Waals surface area contributed by atoms with E-state index in [1.165, 1.54) is 18.4 Å². The zero-order valence-corrected chi connectivity index (χ0v) is 10.7. The van der Waals surface area contributed by atoms with Gasteiger partial charge >= 0.3 is 0 Å². The van der Waals surface area contributed by atoms with Crippen LogP contribution in [-0.4, -0.2) is 31.1 Å². The minimum absolute atomic E-state index is 0.141. The Balaban J connectivity index is 2.00. The maximum absolute atomic E-state index is 13.0. The molecule has 1 aliphatic heterocycles. The van der Waals surface area contributed by atoms with Crippen molar-refractivity contribution in [3.63, 3.8) is 0 Å². The third kappa shape index (κ3) is 3.27. The van der Waals surface area contributed by atoms with Gasteiger partial charge < -0.3 is 5.32 Å². The number of likely N-dealkylation sites (tertiary alicyclic amines) is 1. The summed E-state index contributed by atoms with van der Waals surface area (Å²) >= 11 is 0. The van der Waals surface area contributed by atoms with Gasteiger partial charge in [-0.3, -0.25) is 4.90 Å². The lowest BCUT2D eigenvalue weighted by atomic mass is 10.0. The molecule has 0 bridgehead atoms.